The Bertz CT molecular complexity index is 1110. The zero-order valence-electron chi connectivity index (χ0n) is 24.6. The van der Waals surface area contributed by atoms with Crippen molar-refractivity contribution in [3.8, 4) is 0 Å². The first-order valence-electron chi connectivity index (χ1n) is 14.9. The molecule has 9 heteroatoms. The van der Waals surface area contributed by atoms with Crippen molar-refractivity contribution in [1.29, 1.82) is 0 Å². The maximum atomic E-state index is 13.4. The second-order valence-corrected chi connectivity index (χ2v) is 14.2. The lowest BCUT2D eigenvalue weighted by Gasteiger charge is -2.60. The van der Waals surface area contributed by atoms with E-state index < -0.39 is 64.1 Å². The van der Waals surface area contributed by atoms with Crippen molar-refractivity contribution < 1.29 is 44.3 Å². The van der Waals surface area contributed by atoms with E-state index in [1.165, 1.54) is 6.92 Å². The number of fused-ring (bicyclic) bond motifs is 5. The standard InChI is InChI=1S/C31H46O9/c1-15-18(16(2)39-27(15)36)11-26(40-17(3)32)30(6,37)25-8-10-31(38)20-12-22(33)21-13-23(34)24(35)14-28(21,4)19(20)7-9-29(25,31)5/h12,15-16,18-19,21,23-26,34-35,37-38H,7-11,13-14H2,1-6H3/t15?,16?,18?,19?,21-,23+,24?,25?,26+,28+,29+,30+,31+/m0/s1. The third-order valence-electron chi connectivity index (χ3n) is 12.2. The van der Waals surface area contributed by atoms with Crippen molar-refractivity contribution in [2.45, 2.75) is 122 Å². The zero-order chi connectivity index (χ0) is 29.6. The number of ether oxygens (including phenoxy) is 2. The summed E-state index contributed by atoms with van der Waals surface area (Å²) < 4.78 is 11.2. The van der Waals surface area contributed by atoms with Crippen LogP contribution in [0, 0.1) is 40.4 Å². The Kier molecular flexibility index (Phi) is 7.13. The van der Waals surface area contributed by atoms with E-state index in [4.69, 9.17) is 9.47 Å². The molecule has 9 nitrogen and oxygen atoms in total. The van der Waals surface area contributed by atoms with Crippen molar-refractivity contribution in [3.63, 3.8) is 0 Å². The monoisotopic (exact) mass is 562 g/mol. The fourth-order valence-electron chi connectivity index (χ4n) is 9.74. The highest BCUT2D eigenvalue weighted by atomic mass is 16.6. The summed E-state index contributed by atoms with van der Waals surface area (Å²) in [6.07, 6.45) is 1.21. The molecular formula is C31H46O9. The van der Waals surface area contributed by atoms with Gasteiger partial charge >= 0.3 is 11.9 Å². The molecule has 1 aliphatic heterocycles. The van der Waals surface area contributed by atoms with Gasteiger partial charge in [-0.05, 0) is 87.7 Å². The molecule has 40 heavy (non-hydrogen) atoms. The van der Waals surface area contributed by atoms with Gasteiger partial charge in [-0.2, -0.15) is 0 Å². The van der Waals surface area contributed by atoms with Crippen LogP contribution >= 0.6 is 0 Å². The van der Waals surface area contributed by atoms with Crippen LogP contribution in [0.5, 0.6) is 0 Å². The summed E-state index contributed by atoms with van der Waals surface area (Å²) in [7, 11) is 0. The molecule has 1 saturated heterocycles. The Morgan fingerprint density at radius 2 is 1.82 bits per heavy atom. The Morgan fingerprint density at radius 1 is 1.15 bits per heavy atom. The van der Waals surface area contributed by atoms with E-state index in [0.717, 1.165) is 0 Å². The molecule has 6 unspecified atom stereocenters. The van der Waals surface area contributed by atoms with Crippen LogP contribution in [-0.4, -0.2) is 73.8 Å². The van der Waals surface area contributed by atoms with Gasteiger partial charge in [0, 0.05) is 24.2 Å². The van der Waals surface area contributed by atoms with Gasteiger partial charge in [0.1, 0.15) is 17.8 Å². The number of hydrogen-bond acceptors (Lipinski definition) is 9. The summed E-state index contributed by atoms with van der Waals surface area (Å²) in [6, 6.07) is 0. The van der Waals surface area contributed by atoms with Crippen molar-refractivity contribution in [3.05, 3.63) is 11.6 Å². The molecule has 5 rings (SSSR count). The van der Waals surface area contributed by atoms with E-state index in [0.29, 0.717) is 31.3 Å². The van der Waals surface area contributed by atoms with Gasteiger partial charge in [0.25, 0.3) is 0 Å². The molecule has 0 aromatic heterocycles. The van der Waals surface area contributed by atoms with Crippen molar-refractivity contribution in [1.82, 2.24) is 0 Å². The number of cyclic esters (lactones) is 1. The lowest BCUT2D eigenvalue weighted by Crippen LogP contribution is -2.63. The molecular weight excluding hydrogens is 516 g/mol. The van der Waals surface area contributed by atoms with Gasteiger partial charge in [0.05, 0.1) is 23.7 Å². The van der Waals surface area contributed by atoms with E-state index >= 15 is 0 Å². The Hall–Kier alpha value is -1.81. The van der Waals surface area contributed by atoms with Gasteiger partial charge in [-0.25, -0.2) is 0 Å². The number of rotatable bonds is 5. The van der Waals surface area contributed by atoms with Crippen LogP contribution in [0.2, 0.25) is 0 Å². The lowest BCUT2D eigenvalue weighted by atomic mass is 9.45. The van der Waals surface area contributed by atoms with E-state index in [1.807, 2.05) is 20.8 Å². The summed E-state index contributed by atoms with van der Waals surface area (Å²) in [5, 5.41) is 45.6. The predicted molar refractivity (Wildman–Crippen MR) is 143 cm³/mol. The summed E-state index contributed by atoms with van der Waals surface area (Å²) >= 11 is 0. The van der Waals surface area contributed by atoms with Crippen molar-refractivity contribution in [2.75, 3.05) is 0 Å². The molecule has 0 radical (unpaired) electrons. The van der Waals surface area contributed by atoms with Crippen molar-refractivity contribution >= 4 is 17.7 Å². The smallest absolute Gasteiger partial charge is 0.309 e. The maximum absolute atomic E-state index is 13.4. The Morgan fingerprint density at radius 3 is 2.42 bits per heavy atom. The van der Waals surface area contributed by atoms with Crippen LogP contribution < -0.4 is 0 Å². The molecule has 4 aliphatic carbocycles. The molecule has 3 saturated carbocycles. The first-order chi connectivity index (χ1) is 18.5. The fourth-order valence-corrected chi connectivity index (χ4v) is 9.74. The summed E-state index contributed by atoms with van der Waals surface area (Å²) in [5.41, 5.74) is -3.61. The first-order valence-corrected chi connectivity index (χ1v) is 14.9. The summed E-state index contributed by atoms with van der Waals surface area (Å²) in [6.45, 7) is 10.5. The number of esters is 2. The largest absolute Gasteiger partial charge is 0.462 e. The van der Waals surface area contributed by atoms with E-state index in [9.17, 15) is 34.8 Å². The van der Waals surface area contributed by atoms with Crippen LogP contribution in [0.3, 0.4) is 0 Å². The van der Waals surface area contributed by atoms with E-state index in [2.05, 4.69) is 0 Å². The topological polar surface area (TPSA) is 151 Å². The van der Waals surface area contributed by atoms with Crippen LogP contribution in [0.15, 0.2) is 11.6 Å². The van der Waals surface area contributed by atoms with Crippen LogP contribution in [-0.2, 0) is 23.9 Å². The number of aliphatic hydroxyl groups excluding tert-OH is 2. The number of ketones is 1. The lowest BCUT2D eigenvalue weighted by molar-refractivity contribution is -0.194. The molecule has 0 bridgehead atoms. The minimum Gasteiger partial charge on any atom is -0.462 e. The van der Waals surface area contributed by atoms with E-state index in [1.54, 1.807) is 19.9 Å². The van der Waals surface area contributed by atoms with Crippen molar-refractivity contribution in [2.24, 2.45) is 40.4 Å². The fraction of sp³-hybridized carbons (Fsp3) is 0.839. The minimum atomic E-state index is -1.53. The Balaban J connectivity index is 1.48. The highest BCUT2D eigenvalue weighted by Crippen LogP contribution is 2.68. The molecule has 4 fully saturated rings. The number of aliphatic hydroxyl groups is 4. The summed E-state index contributed by atoms with van der Waals surface area (Å²) in [4.78, 5) is 37.9. The molecule has 0 spiro atoms. The SMILES string of the molecule is CC(=O)O[C@H](CC1C(C)OC(=O)C1C)[C@](C)(O)C1CC[C@@]2(O)C3=CC(=O)[C@@H]4C[C@@H](O)C(O)C[C@]4(C)C3CC[C@]12C. The third-order valence-corrected chi connectivity index (χ3v) is 12.2. The molecule has 4 N–H and O–H groups in total. The van der Waals surface area contributed by atoms with Gasteiger partial charge in [-0.1, -0.05) is 20.8 Å². The van der Waals surface area contributed by atoms with Gasteiger partial charge in [0.15, 0.2) is 5.78 Å². The highest BCUT2D eigenvalue weighted by molar-refractivity contribution is 5.95. The summed E-state index contributed by atoms with van der Waals surface area (Å²) in [5.74, 6) is -2.61. The van der Waals surface area contributed by atoms with Crippen LogP contribution in [0.4, 0.5) is 0 Å². The molecule has 0 aromatic rings. The minimum absolute atomic E-state index is 0.126. The normalized spacial score (nSPS) is 48.7. The average Bonchev–Trinajstić information content (AvgIpc) is 3.27. The first kappa shape index (κ1) is 29.7. The molecule has 5 aliphatic rings. The second kappa shape index (κ2) is 9.61. The van der Waals surface area contributed by atoms with Gasteiger partial charge < -0.3 is 29.9 Å². The number of carbonyl (C=O) groups excluding carboxylic acids is 3. The highest BCUT2D eigenvalue weighted by Gasteiger charge is 2.69. The quantitative estimate of drug-likeness (QED) is 0.371. The third kappa shape index (κ3) is 4.13. The molecule has 13 atom stereocenters. The van der Waals surface area contributed by atoms with E-state index in [-0.39, 0.29) is 49.0 Å². The zero-order valence-corrected chi connectivity index (χ0v) is 24.6. The number of allylic oxidation sites excluding steroid dienone is 1. The molecule has 224 valence electrons. The van der Waals surface area contributed by atoms with Crippen LogP contribution in [0.1, 0.15) is 86.5 Å². The second-order valence-electron chi connectivity index (χ2n) is 14.2. The van der Waals surface area contributed by atoms with Gasteiger partial charge in [-0.3, -0.25) is 14.4 Å². The molecule has 1 heterocycles. The number of hydrogen-bond donors (Lipinski definition) is 4. The maximum Gasteiger partial charge on any atom is 0.309 e. The number of carbonyl (C=O) groups is 3. The van der Waals surface area contributed by atoms with Gasteiger partial charge in [-0.15, -0.1) is 0 Å². The Labute approximate surface area is 236 Å². The molecule has 0 aromatic carbocycles. The van der Waals surface area contributed by atoms with Crippen LogP contribution in [0.25, 0.3) is 0 Å². The van der Waals surface area contributed by atoms with Gasteiger partial charge in [0.2, 0.25) is 0 Å². The molecule has 0 amide bonds. The average molecular weight is 563 g/mol. The predicted octanol–water partition coefficient (Wildman–Crippen LogP) is 2.46.